The molecular formula is C20H16Cl3N3O2S. The zero-order chi connectivity index (χ0) is 20.8. The molecule has 2 aromatic carbocycles. The predicted molar refractivity (Wildman–Crippen MR) is 122 cm³/mol. The van der Waals surface area contributed by atoms with Crippen LogP contribution in [0.25, 0.3) is 10.9 Å². The normalized spacial score (nSPS) is 11.2. The summed E-state index contributed by atoms with van der Waals surface area (Å²) in [4.78, 5) is 16.3. The highest BCUT2D eigenvalue weighted by atomic mass is 35.5. The van der Waals surface area contributed by atoms with Crippen molar-refractivity contribution in [3.05, 3.63) is 68.8 Å². The van der Waals surface area contributed by atoms with Crippen LogP contribution in [0.5, 0.6) is 5.75 Å². The Hall–Kier alpha value is -1.99. The second kappa shape index (κ2) is 10.2. The molecule has 3 aromatic rings. The van der Waals surface area contributed by atoms with Crippen LogP contribution in [0.2, 0.25) is 15.2 Å². The van der Waals surface area contributed by atoms with Crippen molar-refractivity contribution in [1.82, 2.24) is 10.4 Å². The third kappa shape index (κ3) is 5.76. The first-order chi connectivity index (χ1) is 14.0. The molecule has 0 unspecified atom stereocenters. The van der Waals surface area contributed by atoms with Crippen molar-refractivity contribution in [2.24, 2.45) is 5.10 Å². The molecule has 5 nitrogen and oxygen atoms in total. The lowest BCUT2D eigenvalue weighted by Gasteiger charge is -2.06. The third-order valence-electron chi connectivity index (χ3n) is 3.94. The second-order valence-electron chi connectivity index (χ2n) is 5.91. The van der Waals surface area contributed by atoms with Gasteiger partial charge in [0.25, 0.3) is 0 Å². The maximum absolute atomic E-state index is 12.0. The lowest BCUT2D eigenvalue weighted by atomic mass is 10.1. The summed E-state index contributed by atoms with van der Waals surface area (Å²) in [7, 11) is 1.59. The van der Waals surface area contributed by atoms with E-state index >= 15 is 0 Å². The number of aromatic nitrogens is 1. The fourth-order valence-corrected chi connectivity index (χ4v) is 4.23. The van der Waals surface area contributed by atoms with Crippen LogP contribution >= 0.6 is 46.6 Å². The minimum Gasteiger partial charge on any atom is -0.497 e. The summed E-state index contributed by atoms with van der Waals surface area (Å²) >= 11 is 19.8. The standard InChI is InChI=1S/C20H16Cl3N3O2S/c1-28-14-6-5-12-7-13(20(23)25-18(12)8-14)9-24-26-19(27)11-29-10-15-16(21)3-2-4-17(15)22/h2-9H,10-11H2,1H3,(H,26,27)/b24-9-. The molecule has 0 aliphatic heterocycles. The van der Waals surface area contributed by atoms with Crippen LogP contribution in [-0.2, 0) is 10.5 Å². The molecule has 1 N–H and O–H groups in total. The number of pyridine rings is 1. The summed E-state index contributed by atoms with van der Waals surface area (Å²) in [5.74, 6) is 1.19. The number of halogens is 3. The van der Waals surface area contributed by atoms with Gasteiger partial charge in [-0.3, -0.25) is 4.79 Å². The molecule has 0 spiro atoms. The summed E-state index contributed by atoms with van der Waals surface area (Å²) in [6, 6.07) is 12.7. The van der Waals surface area contributed by atoms with Gasteiger partial charge in [-0.25, -0.2) is 10.4 Å². The van der Waals surface area contributed by atoms with Gasteiger partial charge in [-0.1, -0.05) is 40.9 Å². The van der Waals surface area contributed by atoms with Gasteiger partial charge in [-0.15, -0.1) is 11.8 Å². The van der Waals surface area contributed by atoms with Crippen LogP contribution in [0.4, 0.5) is 0 Å². The molecule has 0 aliphatic carbocycles. The van der Waals surface area contributed by atoms with Crippen LogP contribution in [0.15, 0.2) is 47.6 Å². The molecule has 0 saturated carbocycles. The number of carbonyl (C=O) groups is 1. The first kappa shape index (κ1) is 21.7. The number of nitrogens with zero attached hydrogens (tertiary/aromatic N) is 2. The van der Waals surface area contributed by atoms with E-state index in [4.69, 9.17) is 39.5 Å². The van der Waals surface area contributed by atoms with Gasteiger partial charge in [0.05, 0.1) is 24.6 Å². The maximum atomic E-state index is 12.0. The number of thioether (sulfide) groups is 1. The SMILES string of the molecule is COc1ccc2cc(/C=N\NC(=O)CSCc3c(Cl)cccc3Cl)c(Cl)nc2c1. The Kier molecular flexibility index (Phi) is 7.61. The molecule has 1 amide bonds. The number of amides is 1. The van der Waals surface area contributed by atoms with Crippen molar-refractivity contribution >= 4 is 69.6 Å². The minimum absolute atomic E-state index is 0.211. The number of fused-ring (bicyclic) bond motifs is 1. The van der Waals surface area contributed by atoms with E-state index < -0.39 is 0 Å². The van der Waals surface area contributed by atoms with Gasteiger partial charge in [0.2, 0.25) is 5.91 Å². The van der Waals surface area contributed by atoms with Gasteiger partial charge in [0, 0.05) is 32.8 Å². The lowest BCUT2D eigenvalue weighted by molar-refractivity contribution is -0.118. The van der Waals surface area contributed by atoms with Crippen molar-refractivity contribution in [1.29, 1.82) is 0 Å². The van der Waals surface area contributed by atoms with Crippen molar-refractivity contribution in [3.63, 3.8) is 0 Å². The van der Waals surface area contributed by atoms with Gasteiger partial charge in [0.1, 0.15) is 10.9 Å². The fourth-order valence-electron chi connectivity index (χ4n) is 2.48. The van der Waals surface area contributed by atoms with Crippen molar-refractivity contribution < 1.29 is 9.53 Å². The average Bonchev–Trinajstić information content (AvgIpc) is 2.70. The van der Waals surface area contributed by atoms with Gasteiger partial charge in [0.15, 0.2) is 0 Å². The molecule has 1 heterocycles. The Morgan fingerprint density at radius 3 is 2.69 bits per heavy atom. The Morgan fingerprint density at radius 1 is 1.21 bits per heavy atom. The molecule has 0 aliphatic rings. The lowest BCUT2D eigenvalue weighted by Crippen LogP contribution is -2.19. The molecule has 0 bridgehead atoms. The zero-order valence-corrected chi connectivity index (χ0v) is 18.4. The Balaban J connectivity index is 1.56. The van der Waals surface area contributed by atoms with E-state index in [-0.39, 0.29) is 16.8 Å². The Labute approximate surface area is 187 Å². The molecule has 0 fully saturated rings. The minimum atomic E-state index is -0.246. The highest BCUT2D eigenvalue weighted by molar-refractivity contribution is 7.99. The van der Waals surface area contributed by atoms with E-state index in [1.165, 1.54) is 18.0 Å². The summed E-state index contributed by atoms with van der Waals surface area (Å²) in [5.41, 5.74) is 4.60. The summed E-state index contributed by atoms with van der Waals surface area (Å²) in [6.45, 7) is 0. The number of nitrogens with one attached hydrogen (secondary N) is 1. The predicted octanol–water partition coefficient (Wildman–Crippen LogP) is 5.59. The number of hydrazone groups is 1. The number of methoxy groups -OCH3 is 1. The highest BCUT2D eigenvalue weighted by Gasteiger charge is 2.08. The summed E-state index contributed by atoms with van der Waals surface area (Å²) in [5, 5.41) is 6.30. The molecule has 150 valence electrons. The van der Waals surface area contributed by atoms with Crippen molar-refractivity contribution in [2.75, 3.05) is 12.9 Å². The zero-order valence-electron chi connectivity index (χ0n) is 15.3. The Bertz CT molecular complexity index is 1060. The van der Waals surface area contributed by atoms with Gasteiger partial charge in [-0.05, 0) is 35.9 Å². The van der Waals surface area contributed by atoms with E-state index in [9.17, 15) is 4.79 Å². The van der Waals surface area contributed by atoms with Crippen molar-refractivity contribution in [3.8, 4) is 5.75 Å². The van der Waals surface area contributed by atoms with E-state index in [1.807, 2.05) is 18.2 Å². The first-order valence-electron chi connectivity index (χ1n) is 8.44. The third-order valence-corrected chi connectivity index (χ3v) is 5.91. The molecule has 0 saturated heterocycles. The molecular weight excluding hydrogens is 453 g/mol. The van der Waals surface area contributed by atoms with Crippen LogP contribution < -0.4 is 10.2 Å². The number of hydrogen-bond acceptors (Lipinski definition) is 5. The number of benzene rings is 2. The number of ether oxygens (including phenoxy) is 1. The number of rotatable bonds is 7. The van der Waals surface area contributed by atoms with E-state index in [2.05, 4.69) is 15.5 Å². The highest BCUT2D eigenvalue weighted by Crippen LogP contribution is 2.28. The van der Waals surface area contributed by atoms with Gasteiger partial charge < -0.3 is 4.74 Å². The van der Waals surface area contributed by atoms with E-state index in [0.717, 1.165) is 10.9 Å². The molecule has 0 atom stereocenters. The smallest absolute Gasteiger partial charge is 0.250 e. The first-order valence-corrected chi connectivity index (χ1v) is 10.7. The molecule has 3 rings (SSSR count). The summed E-state index contributed by atoms with van der Waals surface area (Å²) in [6.07, 6.45) is 1.46. The van der Waals surface area contributed by atoms with Gasteiger partial charge in [-0.2, -0.15) is 5.10 Å². The monoisotopic (exact) mass is 467 g/mol. The largest absolute Gasteiger partial charge is 0.497 e. The molecule has 0 radical (unpaired) electrons. The fraction of sp³-hybridized carbons (Fsp3) is 0.150. The molecule has 1 aromatic heterocycles. The van der Waals surface area contributed by atoms with Crippen LogP contribution in [-0.4, -0.2) is 30.0 Å². The number of hydrogen-bond donors (Lipinski definition) is 1. The van der Waals surface area contributed by atoms with Crippen LogP contribution in [0, 0.1) is 0 Å². The van der Waals surface area contributed by atoms with E-state index in [0.29, 0.717) is 32.6 Å². The number of carbonyl (C=O) groups excluding carboxylic acids is 1. The topological polar surface area (TPSA) is 63.6 Å². The van der Waals surface area contributed by atoms with Crippen LogP contribution in [0.1, 0.15) is 11.1 Å². The Morgan fingerprint density at radius 2 is 1.97 bits per heavy atom. The maximum Gasteiger partial charge on any atom is 0.250 e. The van der Waals surface area contributed by atoms with E-state index in [1.54, 1.807) is 31.4 Å². The molecule has 29 heavy (non-hydrogen) atoms. The van der Waals surface area contributed by atoms with Crippen molar-refractivity contribution in [2.45, 2.75) is 5.75 Å². The van der Waals surface area contributed by atoms with Crippen LogP contribution in [0.3, 0.4) is 0 Å². The van der Waals surface area contributed by atoms with Gasteiger partial charge >= 0.3 is 0 Å². The second-order valence-corrected chi connectivity index (χ2v) is 8.07. The average molecular weight is 469 g/mol. The quantitative estimate of drug-likeness (QED) is 0.279. The molecule has 9 heteroatoms. The summed E-state index contributed by atoms with van der Waals surface area (Å²) < 4.78 is 5.18.